The van der Waals surface area contributed by atoms with Crippen molar-refractivity contribution < 1.29 is 9.47 Å². The number of hydrogen-bond donors (Lipinski definition) is 0. The predicted molar refractivity (Wildman–Crippen MR) is 59.8 cm³/mol. The van der Waals surface area contributed by atoms with Gasteiger partial charge in [-0.2, -0.15) is 0 Å². The van der Waals surface area contributed by atoms with Crippen molar-refractivity contribution >= 4 is 0 Å². The third-order valence-electron chi connectivity index (χ3n) is 3.04. The normalized spacial score (nSPS) is 18.5. The van der Waals surface area contributed by atoms with E-state index in [0.29, 0.717) is 6.61 Å². The second-order valence-electron chi connectivity index (χ2n) is 4.30. The van der Waals surface area contributed by atoms with E-state index in [-0.39, 0.29) is 5.60 Å². The molecule has 2 heteroatoms. The standard InChI is InChI=1S/C13H18O2/c1-3-13(9-14-10-13)15-8-12-6-4-11(2)5-7-12/h4-7H,3,8-10H2,1-2H3. The Kier molecular flexibility index (Phi) is 3.08. The zero-order chi connectivity index (χ0) is 10.7. The summed E-state index contributed by atoms with van der Waals surface area (Å²) in [7, 11) is 0. The monoisotopic (exact) mass is 206 g/mol. The number of ether oxygens (including phenoxy) is 2. The van der Waals surface area contributed by atoms with Crippen molar-refractivity contribution in [1.82, 2.24) is 0 Å². The minimum absolute atomic E-state index is 0.00904. The van der Waals surface area contributed by atoms with Crippen LogP contribution in [-0.4, -0.2) is 18.8 Å². The van der Waals surface area contributed by atoms with Gasteiger partial charge in [-0.25, -0.2) is 0 Å². The number of rotatable bonds is 4. The van der Waals surface area contributed by atoms with Crippen LogP contribution in [0.25, 0.3) is 0 Å². The molecule has 1 aromatic rings. The molecule has 15 heavy (non-hydrogen) atoms. The van der Waals surface area contributed by atoms with Crippen LogP contribution in [-0.2, 0) is 16.1 Å². The average Bonchev–Trinajstić information content (AvgIpc) is 2.20. The molecular weight excluding hydrogens is 188 g/mol. The molecule has 0 unspecified atom stereocenters. The van der Waals surface area contributed by atoms with Gasteiger partial charge in [0.05, 0.1) is 19.8 Å². The fourth-order valence-corrected chi connectivity index (χ4v) is 1.64. The lowest BCUT2D eigenvalue weighted by atomic mass is 9.99. The molecule has 0 radical (unpaired) electrons. The lowest BCUT2D eigenvalue weighted by Gasteiger charge is -2.40. The smallest absolute Gasteiger partial charge is 0.115 e. The molecule has 2 rings (SSSR count). The van der Waals surface area contributed by atoms with Gasteiger partial charge in [-0.1, -0.05) is 36.8 Å². The van der Waals surface area contributed by atoms with Crippen molar-refractivity contribution in [3.8, 4) is 0 Å². The molecule has 1 aliphatic rings. The highest BCUT2D eigenvalue weighted by Crippen LogP contribution is 2.26. The molecule has 0 spiro atoms. The molecule has 0 bridgehead atoms. The van der Waals surface area contributed by atoms with Gasteiger partial charge < -0.3 is 9.47 Å². The van der Waals surface area contributed by atoms with Gasteiger partial charge >= 0.3 is 0 Å². The summed E-state index contributed by atoms with van der Waals surface area (Å²) in [6.45, 7) is 6.43. The van der Waals surface area contributed by atoms with E-state index in [9.17, 15) is 0 Å². The zero-order valence-electron chi connectivity index (χ0n) is 9.45. The van der Waals surface area contributed by atoms with Crippen molar-refractivity contribution in [1.29, 1.82) is 0 Å². The van der Waals surface area contributed by atoms with Gasteiger partial charge in [0.2, 0.25) is 0 Å². The Hall–Kier alpha value is -0.860. The van der Waals surface area contributed by atoms with Crippen LogP contribution in [0.3, 0.4) is 0 Å². The molecule has 0 atom stereocenters. The Morgan fingerprint density at radius 2 is 1.93 bits per heavy atom. The van der Waals surface area contributed by atoms with E-state index in [4.69, 9.17) is 9.47 Å². The largest absolute Gasteiger partial charge is 0.375 e. The Bertz CT molecular complexity index is 306. The van der Waals surface area contributed by atoms with Gasteiger partial charge in [0.25, 0.3) is 0 Å². The van der Waals surface area contributed by atoms with Crippen molar-refractivity contribution in [2.45, 2.75) is 32.5 Å². The minimum atomic E-state index is -0.00904. The summed E-state index contributed by atoms with van der Waals surface area (Å²) in [5.74, 6) is 0. The van der Waals surface area contributed by atoms with Crippen molar-refractivity contribution in [3.63, 3.8) is 0 Å². The summed E-state index contributed by atoms with van der Waals surface area (Å²) in [4.78, 5) is 0. The van der Waals surface area contributed by atoms with Crippen molar-refractivity contribution in [2.75, 3.05) is 13.2 Å². The van der Waals surface area contributed by atoms with Crippen molar-refractivity contribution in [3.05, 3.63) is 35.4 Å². The van der Waals surface area contributed by atoms with E-state index < -0.39 is 0 Å². The average molecular weight is 206 g/mol. The molecule has 1 aliphatic heterocycles. The van der Waals surface area contributed by atoms with Crippen LogP contribution < -0.4 is 0 Å². The molecular formula is C13H18O2. The van der Waals surface area contributed by atoms with E-state index in [2.05, 4.69) is 38.1 Å². The summed E-state index contributed by atoms with van der Waals surface area (Å²) in [5.41, 5.74) is 2.52. The number of benzene rings is 1. The summed E-state index contributed by atoms with van der Waals surface area (Å²) in [6.07, 6.45) is 1.03. The molecule has 82 valence electrons. The SMILES string of the molecule is CCC1(OCc2ccc(C)cc2)COC1. The zero-order valence-corrected chi connectivity index (χ0v) is 9.45. The summed E-state index contributed by atoms with van der Waals surface area (Å²) < 4.78 is 11.1. The first-order valence-electron chi connectivity index (χ1n) is 5.51. The van der Waals surface area contributed by atoms with E-state index in [1.165, 1.54) is 11.1 Å². The Labute approximate surface area is 91.2 Å². The molecule has 0 saturated carbocycles. The summed E-state index contributed by atoms with van der Waals surface area (Å²) in [5, 5.41) is 0. The van der Waals surface area contributed by atoms with Crippen LogP contribution in [0.1, 0.15) is 24.5 Å². The maximum Gasteiger partial charge on any atom is 0.115 e. The van der Waals surface area contributed by atoms with Crippen LogP contribution >= 0.6 is 0 Å². The first-order valence-corrected chi connectivity index (χ1v) is 5.51. The Balaban J connectivity index is 1.90. The summed E-state index contributed by atoms with van der Waals surface area (Å²) in [6, 6.07) is 8.49. The Morgan fingerprint density at radius 1 is 1.27 bits per heavy atom. The lowest BCUT2D eigenvalue weighted by molar-refractivity contribution is -0.216. The number of aryl methyl sites for hydroxylation is 1. The van der Waals surface area contributed by atoms with Crippen LogP contribution in [0, 0.1) is 6.92 Å². The van der Waals surface area contributed by atoms with Gasteiger partial charge in [0.1, 0.15) is 5.60 Å². The topological polar surface area (TPSA) is 18.5 Å². The van der Waals surface area contributed by atoms with Crippen LogP contribution in [0.15, 0.2) is 24.3 Å². The van der Waals surface area contributed by atoms with Crippen molar-refractivity contribution in [2.24, 2.45) is 0 Å². The van der Waals surface area contributed by atoms with Gasteiger partial charge in [-0.15, -0.1) is 0 Å². The molecule has 1 fully saturated rings. The van der Waals surface area contributed by atoms with E-state index in [1.54, 1.807) is 0 Å². The molecule has 1 saturated heterocycles. The predicted octanol–water partition coefficient (Wildman–Crippen LogP) is 2.69. The van der Waals surface area contributed by atoms with Crippen LogP contribution in [0.2, 0.25) is 0 Å². The fourth-order valence-electron chi connectivity index (χ4n) is 1.64. The minimum Gasteiger partial charge on any atom is -0.375 e. The third kappa shape index (κ3) is 2.39. The maximum absolute atomic E-state index is 5.92. The van der Waals surface area contributed by atoms with Gasteiger partial charge in [0, 0.05) is 0 Å². The second-order valence-corrected chi connectivity index (χ2v) is 4.30. The maximum atomic E-state index is 5.92. The first-order chi connectivity index (χ1) is 7.24. The molecule has 1 heterocycles. The summed E-state index contributed by atoms with van der Waals surface area (Å²) >= 11 is 0. The molecule has 0 N–H and O–H groups in total. The quantitative estimate of drug-likeness (QED) is 0.754. The number of hydrogen-bond acceptors (Lipinski definition) is 2. The van der Waals surface area contributed by atoms with E-state index in [0.717, 1.165) is 19.6 Å². The fraction of sp³-hybridized carbons (Fsp3) is 0.538. The Morgan fingerprint density at radius 3 is 2.40 bits per heavy atom. The van der Waals surface area contributed by atoms with Gasteiger partial charge in [-0.05, 0) is 18.9 Å². The van der Waals surface area contributed by atoms with Crippen LogP contribution in [0.5, 0.6) is 0 Å². The third-order valence-corrected chi connectivity index (χ3v) is 3.04. The lowest BCUT2D eigenvalue weighted by Crippen LogP contribution is -2.51. The highest BCUT2D eigenvalue weighted by molar-refractivity contribution is 5.20. The second kappa shape index (κ2) is 4.33. The van der Waals surface area contributed by atoms with Gasteiger partial charge in [0.15, 0.2) is 0 Å². The first kappa shape index (κ1) is 10.7. The van der Waals surface area contributed by atoms with Gasteiger partial charge in [-0.3, -0.25) is 0 Å². The van der Waals surface area contributed by atoms with Crippen LogP contribution in [0.4, 0.5) is 0 Å². The highest BCUT2D eigenvalue weighted by atomic mass is 16.6. The molecule has 1 aromatic carbocycles. The molecule has 0 aromatic heterocycles. The molecule has 0 aliphatic carbocycles. The van der Waals surface area contributed by atoms with E-state index >= 15 is 0 Å². The molecule has 0 amide bonds. The molecule has 2 nitrogen and oxygen atoms in total. The highest BCUT2D eigenvalue weighted by Gasteiger charge is 2.37. The van der Waals surface area contributed by atoms with E-state index in [1.807, 2.05) is 0 Å².